The van der Waals surface area contributed by atoms with Crippen molar-refractivity contribution in [3.63, 3.8) is 0 Å². The lowest BCUT2D eigenvalue weighted by atomic mass is 10.0. The largest absolute Gasteiger partial charge is 0.333 e. The third-order valence-electron chi connectivity index (χ3n) is 6.09. The predicted molar refractivity (Wildman–Crippen MR) is 115 cm³/mol. The third-order valence-corrected chi connectivity index (χ3v) is 6.09. The summed E-state index contributed by atoms with van der Waals surface area (Å²) in [6.07, 6.45) is 4.03. The molecule has 1 saturated heterocycles. The van der Waals surface area contributed by atoms with Crippen LogP contribution in [-0.4, -0.2) is 42.8 Å². The van der Waals surface area contributed by atoms with Crippen molar-refractivity contribution in [1.29, 1.82) is 0 Å². The first-order chi connectivity index (χ1) is 15.3. The number of pyridine rings is 1. The molecule has 2 aromatic heterocycles. The van der Waals surface area contributed by atoms with Crippen LogP contribution in [0.25, 0.3) is 22.5 Å². The van der Waals surface area contributed by atoms with Crippen molar-refractivity contribution in [2.75, 3.05) is 0 Å². The van der Waals surface area contributed by atoms with E-state index >= 15 is 0 Å². The van der Waals surface area contributed by atoms with Crippen molar-refractivity contribution in [2.45, 2.75) is 25.4 Å². The molecule has 0 saturated carbocycles. The Bertz CT molecular complexity index is 1350. The van der Waals surface area contributed by atoms with Gasteiger partial charge in [-0.3, -0.25) is 24.5 Å². The Balaban J connectivity index is 1.50. The molecular weight excluding hydrogens is 410 g/mol. The number of carbonyl (C=O) groups excluding carboxylic acids is 3. The number of imide groups is 1. The highest BCUT2D eigenvalue weighted by atomic mass is 16.2. The van der Waals surface area contributed by atoms with Crippen LogP contribution >= 0.6 is 0 Å². The van der Waals surface area contributed by atoms with E-state index in [0.717, 1.165) is 28.1 Å². The number of benzene rings is 1. The summed E-state index contributed by atoms with van der Waals surface area (Å²) < 4.78 is 3.41. The molecule has 1 N–H and O–H groups in total. The molecule has 32 heavy (non-hydrogen) atoms. The summed E-state index contributed by atoms with van der Waals surface area (Å²) in [5, 5.41) is 2.32. The Hall–Kier alpha value is -4.01. The van der Waals surface area contributed by atoms with Gasteiger partial charge < -0.3 is 14.0 Å². The zero-order chi connectivity index (χ0) is 22.6. The number of carbonyl (C=O) groups is 3. The lowest BCUT2D eigenvalue weighted by Gasteiger charge is -2.29. The zero-order valence-electron chi connectivity index (χ0n) is 17.7. The van der Waals surface area contributed by atoms with Gasteiger partial charge in [0.25, 0.3) is 5.91 Å². The normalized spacial score (nSPS) is 18.1. The van der Waals surface area contributed by atoms with Crippen LogP contribution in [0.4, 0.5) is 0 Å². The molecule has 2 aliphatic heterocycles. The van der Waals surface area contributed by atoms with Crippen LogP contribution in [0.1, 0.15) is 28.8 Å². The van der Waals surface area contributed by atoms with Crippen LogP contribution in [-0.2, 0) is 30.2 Å². The summed E-state index contributed by atoms with van der Waals surface area (Å²) in [5.74, 6) is -0.941. The van der Waals surface area contributed by atoms with E-state index < -0.39 is 11.9 Å². The minimum Gasteiger partial charge on any atom is -0.333 e. The fourth-order valence-electron chi connectivity index (χ4n) is 4.44. The van der Waals surface area contributed by atoms with E-state index in [-0.39, 0.29) is 23.8 Å². The highest BCUT2D eigenvalue weighted by molar-refractivity contribution is 6.05. The van der Waals surface area contributed by atoms with E-state index in [4.69, 9.17) is 0 Å². The maximum absolute atomic E-state index is 12.9. The first kappa shape index (κ1) is 19.9. The number of hydrogen-bond donors (Lipinski definition) is 1. The van der Waals surface area contributed by atoms with Crippen molar-refractivity contribution in [3.05, 3.63) is 64.3 Å². The van der Waals surface area contributed by atoms with Crippen LogP contribution < -0.4 is 10.9 Å². The van der Waals surface area contributed by atoms with Crippen LogP contribution in [0.5, 0.6) is 0 Å². The van der Waals surface area contributed by atoms with Gasteiger partial charge in [-0.2, -0.15) is 0 Å². The van der Waals surface area contributed by atoms with Gasteiger partial charge in [0, 0.05) is 56.0 Å². The van der Waals surface area contributed by atoms with Gasteiger partial charge >= 0.3 is 0 Å². The SMILES string of the molecule is Cn1cnc(-c2ccc3c(c2)CN(C2CCC(=O)NC2=O)C3=O)c1-c1ccc(=O)n(C)c1. The van der Waals surface area contributed by atoms with Crippen LogP contribution in [0.3, 0.4) is 0 Å². The van der Waals surface area contributed by atoms with E-state index in [1.807, 2.05) is 23.7 Å². The van der Waals surface area contributed by atoms with Crippen molar-refractivity contribution < 1.29 is 14.4 Å². The molecule has 0 spiro atoms. The number of hydrogen-bond acceptors (Lipinski definition) is 5. The Morgan fingerprint density at radius 2 is 1.78 bits per heavy atom. The summed E-state index contributed by atoms with van der Waals surface area (Å²) in [6.45, 7) is 0.302. The first-order valence-electron chi connectivity index (χ1n) is 10.3. The Labute approximate surface area is 183 Å². The number of nitrogens with one attached hydrogen (secondary N) is 1. The molecule has 1 atom stereocenters. The molecule has 4 heterocycles. The summed E-state index contributed by atoms with van der Waals surface area (Å²) in [7, 11) is 3.59. The van der Waals surface area contributed by atoms with E-state index in [2.05, 4.69) is 10.3 Å². The molecule has 1 fully saturated rings. The molecule has 5 rings (SSSR count). The van der Waals surface area contributed by atoms with Crippen molar-refractivity contribution in [2.24, 2.45) is 14.1 Å². The van der Waals surface area contributed by atoms with Crippen LogP contribution in [0.2, 0.25) is 0 Å². The molecule has 3 aromatic rings. The van der Waals surface area contributed by atoms with E-state index in [1.54, 1.807) is 31.7 Å². The molecular formula is C23H21N5O4. The Morgan fingerprint density at radius 3 is 2.53 bits per heavy atom. The molecule has 1 unspecified atom stereocenters. The summed E-state index contributed by atoms with van der Waals surface area (Å²) in [6, 6.07) is 8.17. The number of rotatable bonds is 3. The lowest BCUT2D eigenvalue weighted by molar-refractivity contribution is -0.136. The molecule has 9 nitrogen and oxygen atoms in total. The minimum atomic E-state index is -0.646. The van der Waals surface area contributed by atoms with E-state index in [9.17, 15) is 19.2 Å². The van der Waals surface area contributed by atoms with Gasteiger partial charge in [-0.15, -0.1) is 0 Å². The fourth-order valence-corrected chi connectivity index (χ4v) is 4.44. The second kappa shape index (κ2) is 7.30. The predicted octanol–water partition coefficient (Wildman–Crippen LogP) is 1.21. The number of aromatic nitrogens is 3. The third kappa shape index (κ3) is 3.13. The van der Waals surface area contributed by atoms with Gasteiger partial charge in [-0.25, -0.2) is 4.98 Å². The molecule has 1 aromatic carbocycles. The smallest absolute Gasteiger partial charge is 0.255 e. The average Bonchev–Trinajstić information content (AvgIpc) is 3.30. The molecule has 0 aliphatic carbocycles. The topological polar surface area (TPSA) is 106 Å². The Morgan fingerprint density at radius 1 is 1.00 bits per heavy atom. The summed E-state index contributed by atoms with van der Waals surface area (Å²) in [4.78, 5) is 54.6. The maximum atomic E-state index is 12.9. The van der Waals surface area contributed by atoms with Gasteiger partial charge in [0.15, 0.2) is 0 Å². The van der Waals surface area contributed by atoms with Crippen molar-refractivity contribution in [1.82, 2.24) is 24.3 Å². The monoisotopic (exact) mass is 431 g/mol. The molecule has 2 aliphatic rings. The molecule has 0 radical (unpaired) electrons. The van der Waals surface area contributed by atoms with Crippen LogP contribution in [0.15, 0.2) is 47.7 Å². The average molecular weight is 431 g/mol. The van der Waals surface area contributed by atoms with E-state index in [1.165, 1.54) is 15.5 Å². The zero-order valence-corrected chi connectivity index (χ0v) is 17.7. The van der Waals surface area contributed by atoms with Gasteiger partial charge in [0.05, 0.1) is 17.7 Å². The minimum absolute atomic E-state index is 0.0953. The summed E-state index contributed by atoms with van der Waals surface area (Å²) in [5.41, 5.74) is 4.55. The number of aryl methyl sites for hydroxylation is 2. The number of imidazole rings is 1. The number of nitrogens with zero attached hydrogens (tertiary/aromatic N) is 4. The van der Waals surface area contributed by atoms with Gasteiger partial charge in [-0.1, -0.05) is 6.07 Å². The second-order valence-corrected chi connectivity index (χ2v) is 8.19. The summed E-state index contributed by atoms with van der Waals surface area (Å²) >= 11 is 0. The quantitative estimate of drug-likeness (QED) is 0.628. The molecule has 9 heteroatoms. The van der Waals surface area contributed by atoms with Gasteiger partial charge in [0.2, 0.25) is 17.4 Å². The molecule has 3 amide bonds. The molecule has 0 bridgehead atoms. The lowest BCUT2D eigenvalue weighted by Crippen LogP contribution is -2.52. The van der Waals surface area contributed by atoms with Crippen molar-refractivity contribution >= 4 is 17.7 Å². The number of piperidine rings is 1. The van der Waals surface area contributed by atoms with Crippen LogP contribution in [0, 0.1) is 0 Å². The van der Waals surface area contributed by atoms with E-state index in [0.29, 0.717) is 18.5 Å². The van der Waals surface area contributed by atoms with Crippen molar-refractivity contribution in [3.8, 4) is 22.5 Å². The fraction of sp³-hybridized carbons (Fsp3) is 0.261. The number of amides is 3. The first-order valence-corrected chi connectivity index (χ1v) is 10.3. The van der Waals surface area contributed by atoms with Gasteiger partial charge in [0.1, 0.15) is 6.04 Å². The van der Waals surface area contributed by atoms with Gasteiger partial charge in [-0.05, 0) is 30.2 Å². The highest BCUT2D eigenvalue weighted by Gasteiger charge is 2.39. The second-order valence-electron chi connectivity index (χ2n) is 8.19. The maximum Gasteiger partial charge on any atom is 0.255 e. The Kier molecular flexibility index (Phi) is 4.54. The standard InChI is InChI=1S/C23H21N5O4/c1-26-10-14(4-8-19(26)30)21-20(24-12-27(21)2)13-3-5-16-15(9-13)11-28(23(16)32)17-6-7-18(29)25-22(17)31/h3-5,8-10,12,17H,6-7,11H2,1-2H3,(H,25,29,31). The number of fused-ring (bicyclic) bond motifs is 1. The highest BCUT2D eigenvalue weighted by Crippen LogP contribution is 2.34. The molecule has 162 valence electrons.